The molecule has 0 aliphatic carbocycles. The van der Waals surface area contributed by atoms with Crippen molar-refractivity contribution in [3.63, 3.8) is 0 Å². The van der Waals surface area contributed by atoms with Crippen molar-refractivity contribution in [2.24, 2.45) is 0 Å². The van der Waals surface area contributed by atoms with E-state index >= 15 is 0 Å². The van der Waals surface area contributed by atoms with Gasteiger partial charge in [0.15, 0.2) is 0 Å². The second-order valence-corrected chi connectivity index (χ2v) is 6.27. The van der Waals surface area contributed by atoms with Gasteiger partial charge in [-0.15, -0.1) is 12.4 Å². The number of ether oxygens (including phenoxy) is 1. The molecule has 0 aromatic heterocycles. The Kier molecular flexibility index (Phi) is 10.6. The molecular weight excluding hydrogens is 374 g/mol. The van der Waals surface area contributed by atoms with Crippen molar-refractivity contribution in [3.05, 3.63) is 64.4 Å². The Hall–Kier alpha value is -1.33. The van der Waals surface area contributed by atoms with E-state index in [1.165, 1.54) is 6.07 Å². The molecule has 26 heavy (non-hydrogen) atoms. The minimum Gasteiger partial charge on any atom is -0.488 e. The fourth-order valence-electron chi connectivity index (χ4n) is 2.60. The molecule has 0 aliphatic rings. The molecule has 144 valence electrons. The van der Waals surface area contributed by atoms with Gasteiger partial charge in [0.2, 0.25) is 0 Å². The highest BCUT2D eigenvalue weighted by atomic mass is 35.5. The maximum Gasteiger partial charge on any atom is 0.129 e. The third-order valence-corrected chi connectivity index (χ3v) is 4.41. The van der Waals surface area contributed by atoms with E-state index < -0.39 is 0 Å². The van der Waals surface area contributed by atoms with Crippen LogP contribution in [0.25, 0.3) is 0 Å². The van der Waals surface area contributed by atoms with Crippen molar-refractivity contribution in [1.29, 1.82) is 0 Å². The van der Waals surface area contributed by atoms with Crippen LogP contribution in [-0.2, 0) is 13.2 Å². The smallest absolute Gasteiger partial charge is 0.129 e. The third-order valence-electron chi connectivity index (χ3n) is 4.18. The Morgan fingerprint density at radius 3 is 2.50 bits per heavy atom. The highest BCUT2D eigenvalue weighted by Crippen LogP contribution is 2.24. The molecule has 0 fully saturated rings. The standard InChI is InChI=1S/C20H26ClFN2O.ClH/c1-3-24(4-2)12-11-23-14-17-13-18(21)9-10-20(17)25-15-16-7-5-6-8-19(16)22;/h5-10,13,23H,3-4,11-12,14-15H2,1-2H3;1H. The molecule has 3 nitrogen and oxygen atoms in total. The number of nitrogens with zero attached hydrogens (tertiary/aromatic N) is 1. The number of likely N-dealkylation sites (N-methyl/N-ethyl adjacent to an activating group) is 1. The lowest BCUT2D eigenvalue weighted by molar-refractivity contribution is 0.292. The van der Waals surface area contributed by atoms with Crippen LogP contribution in [0.15, 0.2) is 42.5 Å². The van der Waals surface area contributed by atoms with Crippen molar-refractivity contribution in [1.82, 2.24) is 10.2 Å². The SMILES string of the molecule is CCN(CC)CCNCc1cc(Cl)ccc1OCc1ccccc1F.Cl. The van der Waals surface area contributed by atoms with Gasteiger partial charge in [-0.05, 0) is 37.4 Å². The van der Waals surface area contributed by atoms with E-state index in [4.69, 9.17) is 16.3 Å². The zero-order valence-corrected chi connectivity index (χ0v) is 16.9. The predicted octanol–water partition coefficient (Wildman–Crippen LogP) is 4.91. The van der Waals surface area contributed by atoms with Crippen molar-refractivity contribution < 1.29 is 9.13 Å². The molecular formula is C20H27Cl2FN2O. The third kappa shape index (κ3) is 7.12. The number of halogens is 3. The maximum atomic E-state index is 13.7. The van der Waals surface area contributed by atoms with Crippen molar-refractivity contribution in [2.45, 2.75) is 27.0 Å². The monoisotopic (exact) mass is 400 g/mol. The van der Waals surface area contributed by atoms with E-state index in [-0.39, 0.29) is 24.8 Å². The summed E-state index contributed by atoms with van der Waals surface area (Å²) in [5, 5.41) is 4.09. The van der Waals surface area contributed by atoms with Gasteiger partial charge in [-0.3, -0.25) is 0 Å². The Morgan fingerprint density at radius 2 is 1.81 bits per heavy atom. The van der Waals surface area contributed by atoms with E-state index in [0.717, 1.165) is 37.5 Å². The Morgan fingerprint density at radius 1 is 1.08 bits per heavy atom. The van der Waals surface area contributed by atoms with Gasteiger partial charge in [0.05, 0.1) is 0 Å². The summed E-state index contributed by atoms with van der Waals surface area (Å²) in [5.41, 5.74) is 1.52. The lowest BCUT2D eigenvalue weighted by Gasteiger charge is -2.18. The lowest BCUT2D eigenvalue weighted by atomic mass is 10.2. The first kappa shape index (κ1) is 22.7. The van der Waals surface area contributed by atoms with Gasteiger partial charge < -0.3 is 15.0 Å². The summed E-state index contributed by atoms with van der Waals surface area (Å²) < 4.78 is 19.6. The normalized spacial score (nSPS) is 10.7. The average Bonchev–Trinajstić information content (AvgIpc) is 2.62. The fraction of sp³-hybridized carbons (Fsp3) is 0.400. The van der Waals surface area contributed by atoms with Crippen molar-refractivity contribution in [3.8, 4) is 5.75 Å². The minimum absolute atomic E-state index is 0. The van der Waals surface area contributed by atoms with Gasteiger partial charge in [-0.2, -0.15) is 0 Å². The van der Waals surface area contributed by atoms with Crippen LogP contribution < -0.4 is 10.1 Å². The maximum absolute atomic E-state index is 13.7. The van der Waals surface area contributed by atoms with Gasteiger partial charge in [0.25, 0.3) is 0 Å². The second-order valence-electron chi connectivity index (χ2n) is 5.84. The Bertz CT molecular complexity index is 666. The lowest BCUT2D eigenvalue weighted by Crippen LogP contribution is -2.31. The molecule has 0 heterocycles. The Labute approximate surface area is 166 Å². The highest BCUT2D eigenvalue weighted by Gasteiger charge is 2.08. The van der Waals surface area contributed by atoms with E-state index in [2.05, 4.69) is 24.1 Å². The van der Waals surface area contributed by atoms with Crippen LogP contribution in [-0.4, -0.2) is 31.1 Å². The first-order valence-electron chi connectivity index (χ1n) is 8.71. The number of rotatable bonds is 10. The molecule has 0 unspecified atom stereocenters. The minimum atomic E-state index is -0.254. The van der Waals surface area contributed by atoms with Gasteiger partial charge >= 0.3 is 0 Å². The van der Waals surface area contributed by atoms with Gasteiger partial charge in [0.1, 0.15) is 18.2 Å². The molecule has 0 amide bonds. The summed E-state index contributed by atoms with van der Waals surface area (Å²) in [5.74, 6) is 0.471. The fourth-order valence-corrected chi connectivity index (χ4v) is 2.79. The van der Waals surface area contributed by atoms with E-state index in [0.29, 0.717) is 17.1 Å². The largest absolute Gasteiger partial charge is 0.488 e. The first-order valence-corrected chi connectivity index (χ1v) is 9.09. The number of benzene rings is 2. The summed E-state index contributed by atoms with van der Waals surface area (Å²) >= 11 is 6.12. The molecule has 0 spiro atoms. The van der Waals surface area contributed by atoms with Crippen LogP contribution in [0.3, 0.4) is 0 Å². The molecule has 0 atom stereocenters. The van der Waals surface area contributed by atoms with Crippen molar-refractivity contribution in [2.75, 3.05) is 26.2 Å². The molecule has 2 aromatic carbocycles. The molecule has 0 bridgehead atoms. The summed E-state index contributed by atoms with van der Waals surface area (Å²) in [6.07, 6.45) is 0. The zero-order valence-electron chi connectivity index (χ0n) is 15.3. The summed E-state index contributed by atoms with van der Waals surface area (Å²) in [6, 6.07) is 12.2. The highest BCUT2D eigenvalue weighted by molar-refractivity contribution is 6.30. The van der Waals surface area contributed by atoms with Crippen LogP contribution >= 0.6 is 24.0 Å². The molecule has 0 saturated carbocycles. The zero-order chi connectivity index (χ0) is 18.1. The Balaban J connectivity index is 0.00000338. The van der Waals surface area contributed by atoms with E-state index in [1.54, 1.807) is 24.3 Å². The molecule has 0 aliphatic heterocycles. The molecule has 2 aromatic rings. The molecule has 0 radical (unpaired) electrons. The summed E-state index contributed by atoms with van der Waals surface area (Å²) in [6.45, 7) is 9.16. The van der Waals surface area contributed by atoms with Crippen molar-refractivity contribution >= 4 is 24.0 Å². The molecule has 0 saturated heterocycles. The first-order chi connectivity index (χ1) is 12.1. The van der Waals surface area contributed by atoms with Gasteiger partial charge in [0, 0.05) is 35.8 Å². The second kappa shape index (κ2) is 12.1. The van der Waals surface area contributed by atoms with Crippen LogP contribution in [0.1, 0.15) is 25.0 Å². The predicted molar refractivity (Wildman–Crippen MR) is 109 cm³/mol. The average molecular weight is 401 g/mol. The number of hydrogen-bond donors (Lipinski definition) is 1. The molecule has 6 heteroatoms. The molecule has 2 rings (SSSR count). The topological polar surface area (TPSA) is 24.5 Å². The number of hydrogen-bond acceptors (Lipinski definition) is 3. The van der Waals surface area contributed by atoms with E-state index in [1.807, 2.05) is 12.1 Å². The van der Waals surface area contributed by atoms with Crippen LogP contribution in [0, 0.1) is 5.82 Å². The van der Waals surface area contributed by atoms with Crippen LogP contribution in [0.2, 0.25) is 5.02 Å². The van der Waals surface area contributed by atoms with E-state index in [9.17, 15) is 4.39 Å². The van der Waals surface area contributed by atoms with Crippen LogP contribution in [0.5, 0.6) is 5.75 Å². The molecule has 1 N–H and O–H groups in total. The summed E-state index contributed by atoms with van der Waals surface area (Å²) in [7, 11) is 0. The summed E-state index contributed by atoms with van der Waals surface area (Å²) in [4.78, 5) is 2.36. The van der Waals surface area contributed by atoms with Crippen LogP contribution in [0.4, 0.5) is 4.39 Å². The van der Waals surface area contributed by atoms with Gasteiger partial charge in [-0.1, -0.05) is 43.6 Å². The number of nitrogens with one attached hydrogen (secondary N) is 1. The van der Waals surface area contributed by atoms with Gasteiger partial charge in [-0.25, -0.2) is 4.39 Å². The quantitative estimate of drug-likeness (QED) is 0.573.